The lowest BCUT2D eigenvalue weighted by molar-refractivity contribution is -0.135. The van der Waals surface area contributed by atoms with E-state index in [-0.39, 0.29) is 10.8 Å². The Hall–Kier alpha value is -3.66. The number of aryl methyl sites for hydroxylation is 1. The fourth-order valence-electron chi connectivity index (χ4n) is 4.19. The lowest BCUT2D eigenvalue weighted by Gasteiger charge is -2.27. The van der Waals surface area contributed by atoms with E-state index in [2.05, 4.69) is 4.72 Å². The van der Waals surface area contributed by atoms with Crippen molar-refractivity contribution in [1.82, 2.24) is 4.90 Å². The van der Waals surface area contributed by atoms with Crippen LogP contribution in [0.25, 0.3) is 6.08 Å². The van der Waals surface area contributed by atoms with E-state index in [9.17, 15) is 18.3 Å². The molecule has 1 aliphatic rings. The molecule has 0 saturated carbocycles. The summed E-state index contributed by atoms with van der Waals surface area (Å²) in [6.45, 7) is 2.74. The van der Waals surface area contributed by atoms with Crippen molar-refractivity contribution in [3.8, 4) is 5.75 Å². The highest BCUT2D eigenvalue weighted by molar-refractivity contribution is 7.92. The number of carbonyl (C=O) groups is 1. The minimum Gasteiger partial charge on any atom is -0.493 e. The quantitative estimate of drug-likeness (QED) is 0.352. The van der Waals surface area contributed by atoms with E-state index in [1.54, 1.807) is 48.6 Å². The van der Waals surface area contributed by atoms with E-state index >= 15 is 0 Å². The summed E-state index contributed by atoms with van der Waals surface area (Å²) in [5, 5.41) is 10.4. The number of hydrogen-bond donors (Lipinski definition) is 2. The fourth-order valence-corrected chi connectivity index (χ4v) is 5.26. The lowest BCUT2D eigenvalue weighted by atomic mass is 10.1. The number of ether oxygens (including phenoxy) is 2. The first kappa shape index (κ1) is 28.4. The molecule has 0 spiro atoms. The molecule has 1 heterocycles. The second-order valence-corrected chi connectivity index (χ2v) is 10.9. The van der Waals surface area contributed by atoms with Crippen molar-refractivity contribution in [2.75, 3.05) is 37.6 Å². The predicted octanol–water partition coefficient (Wildman–Crippen LogP) is 4.12. The van der Waals surface area contributed by atoms with Crippen LogP contribution in [0, 0.1) is 0 Å². The number of sulfonamides is 1. The first-order valence-corrected chi connectivity index (χ1v) is 14.5. The number of carbonyl (C=O) groups excluding carboxylic acids is 1. The van der Waals surface area contributed by atoms with Crippen LogP contribution in [0.3, 0.4) is 0 Å². The Morgan fingerprint density at radius 1 is 1.03 bits per heavy atom. The lowest BCUT2D eigenvalue weighted by Crippen LogP contribution is -2.40. The number of benzene rings is 3. The molecule has 3 aromatic rings. The molecule has 4 rings (SSSR count). The number of aliphatic hydroxyl groups excluding tert-OH is 1. The average Bonchev–Trinajstić information content (AvgIpc) is 2.96. The molecule has 1 fully saturated rings. The van der Waals surface area contributed by atoms with Gasteiger partial charge in [0.15, 0.2) is 0 Å². The molecule has 3 aromatic carbocycles. The van der Waals surface area contributed by atoms with E-state index in [1.807, 2.05) is 35.2 Å². The van der Waals surface area contributed by atoms with E-state index in [0.717, 1.165) is 11.1 Å². The Bertz CT molecular complexity index is 1350. The molecule has 0 radical (unpaired) electrons. The van der Waals surface area contributed by atoms with Crippen LogP contribution >= 0.6 is 0 Å². The number of nitrogens with one attached hydrogen (secondary N) is 1. The largest absolute Gasteiger partial charge is 0.493 e. The van der Waals surface area contributed by atoms with Crippen LogP contribution in [0.1, 0.15) is 24.0 Å². The van der Waals surface area contributed by atoms with Gasteiger partial charge in [-0.2, -0.15) is 0 Å². The van der Waals surface area contributed by atoms with Gasteiger partial charge in [0, 0.05) is 31.6 Å². The van der Waals surface area contributed by atoms with Gasteiger partial charge in [0.05, 0.1) is 30.8 Å². The second kappa shape index (κ2) is 13.9. The maximum Gasteiger partial charge on any atom is 0.261 e. The zero-order valence-corrected chi connectivity index (χ0v) is 22.6. The molecule has 0 aliphatic carbocycles. The molecular formula is C30H34N2O6S. The molecule has 39 heavy (non-hydrogen) atoms. The molecule has 1 aliphatic heterocycles. The van der Waals surface area contributed by atoms with Gasteiger partial charge in [0.25, 0.3) is 10.0 Å². The van der Waals surface area contributed by atoms with E-state index in [1.165, 1.54) is 12.1 Å². The van der Waals surface area contributed by atoms with Crippen molar-refractivity contribution < 1.29 is 27.8 Å². The number of para-hydroxylation sites is 1. The maximum absolute atomic E-state index is 12.6. The number of rotatable bonds is 12. The Morgan fingerprint density at radius 3 is 2.56 bits per heavy atom. The summed E-state index contributed by atoms with van der Waals surface area (Å²) < 4.78 is 39.0. The number of aliphatic hydroxyl groups is 1. The fraction of sp³-hybridized carbons (Fsp3) is 0.300. The van der Waals surface area contributed by atoms with E-state index < -0.39 is 16.1 Å². The third kappa shape index (κ3) is 8.68. The van der Waals surface area contributed by atoms with Crippen LogP contribution in [0.2, 0.25) is 0 Å². The molecule has 0 unspecified atom stereocenters. The van der Waals surface area contributed by atoms with Crippen LogP contribution in [0.4, 0.5) is 5.69 Å². The Morgan fingerprint density at radius 2 is 1.77 bits per heavy atom. The number of morpholine rings is 1. The van der Waals surface area contributed by atoms with Gasteiger partial charge in [-0.3, -0.25) is 9.52 Å². The van der Waals surface area contributed by atoms with Gasteiger partial charge < -0.3 is 19.5 Å². The monoisotopic (exact) mass is 550 g/mol. The zero-order chi connectivity index (χ0) is 27.5. The van der Waals surface area contributed by atoms with E-state index in [4.69, 9.17) is 9.47 Å². The zero-order valence-electron chi connectivity index (χ0n) is 21.7. The summed E-state index contributed by atoms with van der Waals surface area (Å²) in [5.41, 5.74) is 2.14. The van der Waals surface area contributed by atoms with Gasteiger partial charge in [-0.15, -0.1) is 0 Å². The molecule has 0 bridgehead atoms. The number of nitrogens with zero attached hydrogens (tertiary/aromatic N) is 1. The molecule has 1 amide bonds. The van der Waals surface area contributed by atoms with Crippen LogP contribution in [-0.2, 0) is 26.0 Å². The van der Waals surface area contributed by atoms with Gasteiger partial charge in [-0.25, -0.2) is 8.42 Å². The first-order valence-electron chi connectivity index (χ1n) is 13.0. The number of hydrogen-bond acceptors (Lipinski definition) is 6. The van der Waals surface area contributed by atoms with Crippen molar-refractivity contribution in [3.05, 3.63) is 96.1 Å². The highest BCUT2D eigenvalue weighted by atomic mass is 32.2. The normalized spacial score (nSPS) is 14.7. The Labute approximate surface area is 229 Å². The summed E-state index contributed by atoms with van der Waals surface area (Å²) in [4.78, 5) is 14.5. The third-order valence-electron chi connectivity index (χ3n) is 6.32. The summed E-state index contributed by atoms with van der Waals surface area (Å²) >= 11 is 0. The molecule has 1 atom stereocenters. The minimum atomic E-state index is -3.68. The number of amides is 1. The van der Waals surface area contributed by atoms with Crippen molar-refractivity contribution in [2.24, 2.45) is 0 Å². The average molecular weight is 551 g/mol. The van der Waals surface area contributed by atoms with Gasteiger partial charge >= 0.3 is 0 Å². The standard InChI is InChI=1S/C30H34N2O6S/c33-27(15-13-24-7-6-9-26(23-24)31-39(35,36)28-10-2-1-3-11-28)17-20-38-29-12-5-4-8-25(29)14-16-30(34)32-18-21-37-22-19-32/h1-13,15,23,27,31,33H,14,16-22H2/b15-13+/t27-/m0/s1. The smallest absolute Gasteiger partial charge is 0.261 e. The summed E-state index contributed by atoms with van der Waals surface area (Å²) in [6.07, 6.45) is 4.02. The third-order valence-corrected chi connectivity index (χ3v) is 7.72. The van der Waals surface area contributed by atoms with Gasteiger partial charge in [0.2, 0.25) is 5.91 Å². The van der Waals surface area contributed by atoms with Crippen LogP contribution in [0.5, 0.6) is 5.75 Å². The Kier molecular flexibility index (Phi) is 10.1. The van der Waals surface area contributed by atoms with Crippen LogP contribution in [0.15, 0.2) is 89.8 Å². The van der Waals surface area contributed by atoms with Gasteiger partial charge in [-0.05, 0) is 47.9 Å². The van der Waals surface area contributed by atoms with Crippen molar-refractivity contribution in [1.29, 1.82) is 0 Å². The van der Waals surface area contributed by atoms with Gasteiger partial charge in [0.1, 0.15) is 5.75 Å². The first-order chi connectivity index (χ1) is 18.9. The van der Waals surface area contributed by atoms with Crippen molar-refractivity contribution in [2.45, 2.75) is 30.3 Å². The predicted molar refractivity (Wildman–Crippen MR) is 151 cm³/mol. The molecule has 1 saturated heterocycles. The van der Waals surface area contributed by atoms with Gasteiger partial charge in [-0.1, -0.05) is 60.7 Å². The second-order valence-electron chi connectivity index (χ2n) is 9.21. The minimum absolute atomic E-state index is 0.116. The topological polar surface area (TPSA) is 105 Å². The molecular weight excluding hydrogens is 516 g/mol. The molecule has 8 nitrogen and oxygen atoms in total. The van der Waals surface area contributed by atoms with Crippen LogP contribution in [-0.4, -0.2) is 63.3 Å². The number of anilines is 1. The molecule has 206 valence electrons. The van der Waals surface area contributed by atoms with Crippen molar-refractivity contribution in [3.63, 3.8) is 0 Å². The van der Waals surface area contributed by atoms with Crippen LogP contribution < -0.4 is 9.46 Å². The maximum atomic E-state index is 12.6. The summed E-state index contributed by atoms with van der Waals surface area (Å²) in [5.74, 6) is 0.826. The summed E-state index contributed by atoms with van der Waals surface area (Å²) in [6, 6.07) is 22.8. The summed E-state index contributed by atoms with van der Waals surface area (Å²) in [7, 11) is -3.68. The SMILES string of the molecule is O=C(CCc1ccccc1OCC[C@@H](O)/C=C/c1cccc(NS(=O)(=O)c2ccccc2)c1)N1CCOCC1. The Balaban J connectivity index is 1.26. The van der Waals surface area contributed by atoms with Crippen molar-refractivity contribution >= 4 is 27.7 Å². The molecule has 2 N–H and O–H groups in total. The van der Waals surface area contributed by atoms with E-state index in [0.29, 0.717) is 63.6 Å². The highest BCUT2D eigenvalue weighted by Crippen LogP contribution is 2.21. The molecule has 0 aromatic heterocycles. The molecule has 9 heteroatoms. The highest BCUT2D eigenvalue weighted by Gasteiger charge is 2.17.